The standard InChI is InChI=1S/Ag.H3N.O.W/h;1H3;;/q+1;;-2;/p+1. The van der Waals surface area contributed by atoms with E-state index in [1.54, 1.807) is 0 Å². The molecular formula is H4AgNOW. The van der Waals surface area contributed by atoms with E-state index in [4.69, 9.17) is 0 Å². The van der Waals surface area contributed by atoms with Crippen molar-refractivity contribution in [3.63, 3.8) is 0 Å². The molecule has 4 N–H and O–H groups in total. The number of hydrogen-bond acceptors (Lipinski definition) is 0. The average molecular weight is 326 g/mol. The van der Waals surface area contributed by atoms with Gasteiger partial charge in [-0.05, 0) is 0 Å². The zero-order chi connectivity index (χ0) is 0. The molecule has 32 valence electrons. The van der Waals surface area contributed by atoms with Crippen LogP contribution < -0.4 is 6.15 Å². The Hall–Kier alpha value is 1.35. The minimum Gasteiger partial charge on any atom is -2.00 e. The SMILES string of the molecule is [Ag+].[NH4+].[O-2].[W]. The summed E-state index contributed by atoms with van der Waals surface area (Å²) in [5.74, 6) is 0. The van der Waals surface area contributed by atoms with Gasteiger partial charge in [0.05, 0.1) is 0 Å². The van der Waals surface area contributed by atoms with E-state index < -0.39 is 0 Å². The van der Waals surface area contributed by atoms with E-state index >= 15 is 0 Å². The molecule has 0 saturated heterocycles. The minimum atomic E-state index is 0. The van der Waals surface area contributed by atoms with Gasteiger partial charge in [0.1, 0.15) is 0 Å². The Balaban J connectivity index is 0. The van der Waals surface area contributed by atoms with Crippen molar-refractivity contribution in [1.82, 2.24) is 6.15 Å². The largest absolute Gasteiger partial charge is 2.00 e. The molecule has 0 unspecified atom stereocenters. The average Bonchev–Trinajstić information content (AvgIpc) is 0. The van der Waals surface area contributed by atoms with Gasteiger partial charge in [0.2, 0.25) is 0 Å². The van der Waals surface area contributed by atoms with Gasteiger partial charge in [-0.2, -0.15) is 0 Å². The monoisotopic (exact) mass is 325 g/mol. The van der Waals surface area contributed by atoms with Gasteiger partial charge in [0.15, 0.2) is 0 Å². The Kier molecular flexibility index (Phi) is 373. The summed E-state index contributed by atoms with van der Waals surface area (Å²) in [4.78, 5) is 0. The molecule has 0 spiro atoms. The Morgan fingerprint density at radius 3 is 1.00 bits per heavy atom. The van der Waals surface area contributed by atoms with E-state index in [2.05, 4.69) is 0 Å². The van der Waals surface area contributed by atoms with Crippen LogP contribution in [0.1, 0.15) is 0 Å². The van der Waals surface area contributed by atoms with Crippen molar-refractivity contribution in [3.8, 4) is 0 Å². The van der Waals surface area contributed by atoms with Gasteiger partial charge in [-0.15, -0.1) is 0 Å². The van der Waals surface area contributed by atoms with Gasteiger partial charge in [-0.25, -0.2) is 0 Å². The fraction of sp³-hybridized carbons (Fsp3) is 0. The molecule has 0 saturated carbocycles. The molecule has 0 bridgehead atoms. The number of quaternary nitrogens is 1. The molecule has 0 aromatic carbocycles. The first-order chi connectivity index (χ1) is 0. The van der Waals surface area contributed by atoms with Crippen LogP contribution in [0.15, 0.2) is 0 Å². The fourth-order valence-electron chi connectivity index (χ4n) is 0. The Labute approximate surface area is 55.0 Å². The van der Waals surface area contributed by atoms with Crippen LogP contribution in [-0.2, 0) is 48.9 Å². The predicted molar refractivity (Wildman–Crippen MR) is 6.67 cm³/mol. The summed E-state index contributed by atoms with van der Waals surface area (Å²) >= 11 is 0. The Bertz CT molecular complexity index is 8.00. The summed E-state index contributed by atoms with van der Waals surface area (Å²) < 4.78 is 0. The van der Waals surface area contributed by atoms with Crippen molar-refractivity contribution in [3.05, 3.63) is 0 Å². The molecule has 2 nitrogen and oxygen atoms in total. The summed E-state index contributed by atoms with van der Waals surface area (Å²) in [6.45, 7) is 0. The second-order valence-corrected chi connectivity index (χ2v) is 0. The fourth-order valence-corrected chi connectivity index (χ4v) is 0. The predicted octanol–water partition coefficient (Wildman–Crippen LogP) is 0.252. The summed E-state index contributed by atoms with van der Waals surface area (Å²) in [5.41, 5.74) is 0. The minimum absolute atomic E-state index is 0. The van der Waals surface area contributed by atoms with Gasteiger partial charge in [-0.3, -0.25) is 0 Å². The van der Waals surface area contributed by atoms with Crippen molar-refractivity contribution in [2.75, 3.05) is 0 Å². The molecule has 0 aromatic rings. The molecule has 0 fully saturated rings. The normalized spacial score (nSPS) is 0. The zero-order valence-electron chi connectivity index (χ0n) is 2.12. The Morgan fingerprint density at radius 1 is 1.00 bits per heavy atom. The van der Waals surface area contributed by atoms with Crippen LogP contribution in [0.2, 0.25) is 0 Å². The van der Waals surface area contributed by atoms with Crippen LogP contribution in [0.4, 0.5) is 0 Å². The summed E-state index contributed by atoms with van der Waals surface area (Å²) in [6.07, 6.45) is 0. The first-order valence-electron chi connectivity index (χ1n) is 0. The van der Waals surface area contributed by atoms with Crippen molar-refractivity contribution < 1.29 is 48.9 Å². The van der Waals surface area contributed by atoms with Crippen LogP contribution in [0.25, 0.3) is 0 Å². The molecule has 0 heterocycles. The van der Waals surface area contributed by atoms with Crippen LogP contribution in [-0.4, -0.2) is 0 Å². The van der Waals surface area contributed by atoms with Crippen molar-refractivity contribution in [2.45, 2.75) is 0 Å². The van der Waals surface area contributed by atoms with E-state index in [9.17, 15) is 0 Å². The maximum atomic E-state index is 0. The number of hydrogen-bond donors (Lipinski definition) is 1. The topological polar surface area (TPSA) is 65.0 Å². The van der Waals surface area contributed by atoms with Gasteiger partial charge in [-0.1, -0.05) is 0 Å². The molecule has 0 aliphatic carbocycles. The molecule has 0 amide bonds. The van der Waals surface area contributed by atoms with E-state index in [0.29, 0.717) is 0 Å². The molecular weight excluding hydrogens is 322 g/mol. The first kappa shape index (κ1) is 55.6. The summed E-state index contributed by atoms with van der Waals surface area (Å²) in [5, 5.41) is 0. The van der Waals surface area contributed by atoms with Crippen molar-refractivity contribution >= 4 is 0 Å². The third-order valence-electron chi connectivity index (χ3n) is 0. The second-order valence-electron chi connectivity index (χ2n) is 0. The van der Waals surface area contributed by atoms with Gasteiger partial charge in [0.25, 0.3) is 0 Å². The van der Waals surface area contributed by atoms with Gasteiger partial charge < -0.3 is 11.6 Å². The third kappa shape index (κ3) is 10.2. The van der Waals surface area contributed by atoms with E-state index in [1.807, 2.05) is 0 Å². The summed E-state index contributed by atoms with van der Waals surface area (Å²) in [7, 11) is 0. The summed E-state index contributed by atoms with van der Waals surface area (Å²) in [6, 6.07) is 0. The van der Waals surface area contributed by atoms with E-state index in [-0.39, 0.29) is 55.1 Å². The molecule has 0 radical (unpaired) electrons. The van der Waals surface area contributed by atoms with Crippen LogP contribution in [0, 0.1) is 0 Å². The maximum Gasteiger partial charge on any atom is 1.00 e. The second kappa shape index (κ2) is 26.8. The van der Waals surface area contributed by atoms with Crippen LogP contribution >= 0.6 is 0 Å². The molecule has 0 aromatic heterocycles. The van der Waals surface area contributed by atoms with Crippen molar-refractivity contribution in [2.24, 2.45) is 0 Å². The molecule has 0 rings (SSSR count). The smallest absolute Gasteiger partial charge is 1.00 e. The Morgan fingerprint density at radius 2 is 1.00 bits per heavy atom. The molecule has 0 aliphatic rings. The third-order valence-corrected chi connectivity index (χ3v) is 0. The first-order valence-corrected chi connectivity index (χ1v) is 0. The van der Waals surface area contributed by atoms with E-state index in [1.165, 1.54) is 0 Å². The molecule has 4 heavy (non-hydrogen) atoms. The quantitative estimate of drug-likeness (QED) is 0.621. The van der Waals surface area contributed by atoms with Crippen LogP contribution in [0.5, 0.6) is 0 Å². The molecule has 4 heteroatoms. The van der Waals surface area contributed by atoms with Gasteiger partial charge in [0, 0.05) is 21.1 Å². The molecule has 0 aliphatic heterocycles. The van der Waals surface area contributed by atoms with Crippen molar-refractivity contribution in [1.29, 1.82) is 0 Å². The zero-order valence-corrected chi connectivity index (χ0v) is 6.53. The number of rotatable bonds is 0. The van der Waals surface area contributed by atoms with E-state index in [0.717, 1.165) is 0 Å². The maximum absolute atomic E-state index is 0. The molecule has 0 atom stereocenters. The van der Waals surface area contributed by atoms with Crippen LogP contribution in [0.3, 0.4) is 0 Å². The van der Waals surface area contributed by atoms with Gasteiger partial charge >= 0.3 is 22.4 Å².